The maximum atomic E-state index is 11.0. The van der Waals surface area contributed by atoms with Crippen LogP contribution in [0.5, 0.6) is 0 Å². The van der Waals surface area contributed by atoms with Gasteiger partial charge in [-0.15, -0.1) is 0 Å². The Bertz CT molecular complexity index is 512. The van der Waals surface area contributed by atoms with Crippen LogP contribution in [0.2, 0.25) is 0 Å². The minimum absolute atomic E-state index is 0.309. The Morgan fingerprint density at radius 3 is 1.74 bits per heavy atom. The Morgan fingerprint density at radius 2 is 1.30 bits per heavy atom. The van der Waals surface area contributed by atoms with Gasteiger partial charge in [-0.25, -0.2) is 0 Å². The normalized spacial score (nSPS) is 13.7. The number of allylic oxidation sites excluding steroid dienone is 10. The first-order chi connectivity index (χ1) is 13.2. The number of carboxylic acids is 1. The number of unbranched alkanes of at least 4 members (excludes halogenated alkanes) is 2. The summed E-state index contributed by atoms with van der Waals surface area (Å²) < 4.78 is 0. The summed E-state index contributed by atoms with van der Waals surface area (Å²) >= 11 is 4.76. The van der Waals surface area contributed by atoms with Crippen LogP contribution in [0.15, 0.2) is 60.8 Å². The van der Waals surface area contributed by atoms with Gasteiger partial charge in [-0.3, -0.25) is 4.79 Å². The number of carbonyl (C=O) groups is 1. The summed E-state index contributed by atoms with van der Waals surface area (Å²) in [4.78, 5) is 11.0. The van der Waals surface area contributed by atoms with Crippen LogP contribution in [-0.2, 0) is 4.79 Å². The zero-order valence-electron chi connectivity index (χ0n) is 16.8. The fourth-order valence-electron chi connectivity index (χ4n) is 2.48. The minimum atomic E-state index is -0.731. The second kappa shape index (κ2) is 20.6. The fraction of sp³-hybridized carbons (Fsp3) is 0.500. The van der Waals surface area contributed by atoms with Gasteiger partial charge in [0.2, 0.25) is 0 Å². The van der Waals surface area contributed by atoms with Gasteiger partial charge < -0.3 is 5.11 Å². The predicted octanol–water partition coefficient (Wildman–Crippen LogP) is 7.39. The molecule has 0 aromatic carbocycles. The van der Waals surface area contributed by atoms with E-state index in [1.807, 2.05) is 0 Å². The highest BCUT2D eigenvalue weighted by Crippen LogP contribution is 2.13. The summed E-state index contributed by atoms with van der Waals surface area (Å²) in [7, 11) is 0. The van der Waals surface area contributed by atoms with E-state index in [1.165, 1.54) is 5.37 Å². The zero-order chi connectivity index (χ0) is 20.0. The molecular formula is C24H36O2S. The molecule has 0 rings (SSSR count). The molecule has 0 aromatic rings. The van der Waals surface area contributed by atoms with E-state index in [0.717, 1.165) is 51.4 Å². The lowest BCUT2D eigenvalue weighted by molar-refractivity contribution is -0.141. The smallest absolute Gasteiger partial charge is 0.306 e. The number of hydrogen-bond acceptors (Lipinski definition) is 2. The van der Waals surface area contributed by atoms with E-state index in [4.69, 9.17) is 17.3 Å². The number of carboxylic acid groups (broad SMARTS) is 1. The number of hydrogen-bond donors (Lipinski definition) is 1. The largest absolute Gasteiger partial charge is 0.481 e. The van der Waals surface area contributed by atoms with Gasteiger partial charge in [0.1, 0.15) is 0 Å². The van der Waals surface area contributed by atoms with Crippen molar-refractivity contribution in [3.05, 3.63) is 60.8 Å². The van der Waals surface area contributed by atoms with Gasteiger partial charge in [-0.1, -0.05) is 86.3 Å². The van der Waals surface area contributed by atoms with E-state index in [-0.39, 0.29) is 5.92 Å². The van der Waals surface area contributed by atoms with Crippen LogP contribution in [0.25, 0.3) is 0 Å². The van der Waals surface area contributed by atoms with Crippen LogP contribution in [0.4, 0.5) is 0 Å². The van der Waals surface area contributed by atoms with Gasteiger partial charge in [0.15, 0.2) is 0 Å². The van der Waals surface area contributed by atoms with Gasteiger partial charge in [0.05, 0.1) is 5.92 Å². The molecule has 0 spiro atoms. The molecule has 0 bridgehead atoms. The quantitative estimate of drug-likeness (QED) is 0.160. The molecule has 0 radical (unpaired) electrons. The highest BCUT2D eigenvalue weighted by Gasteiger charge is 2.14. The maximum Gasteiger partial charge on any atom is 0.306 e. The second-order valence-electron chi connectivity index (χ2n) is 6.43. The third kappa shape index (κ3) is 18.8. The predicted molar refractivity (Wildman–Crippen MR) is 122 cm³/mol. The van der Waals surface area contributed by atoms with E-state index >= 15 is 0 Å². The van der Waals surface area contributed by atoms with E-state index in [2.05, 4.69) is 67.7 Å². The summed E-state index contributed by atoms with van der Waals surface area (Å²) in [6.45, 7) is 2.15. The van der Waals surface area contributed by atoms with E-state index in [9.17, 15) is 4.79 Å². The Hall–Kier alpha value is -1.74. The molecule has 1 unspecified atom stereocenters. The first-order valence-corrected chi connectivity index (χ1v) is 10.6. The molecular weight excluding hydrogens is 352 g/mol. The van der Waals surface area contributed by atoms with Crippen molar-refractivity contribution in [1.82, 2.24) is 0 Å². The minimum Gasteiger partial charge on any atom is -0.481 e. The lowest BCUT2D eigenvalue weighted by atomic mass is 9.99. The molecule has 150 valence electrons. The van der Waals surface area contributed by atoms with Crippen molar-refractivity contribution in [2.45, 2.75) is 71.1 Å². The maximum absolute atomic E-state index is 11.0. The summed E-state index contributed by atoms with van der Waals surface area (Å²) in [5.41, 5.74) is 0. The summed E-state index contributed by atoms with van der Waals surface area (Å²) in [5, 5.41) is 10.6. The highest BCUT2D eigenvalue weighted by atomic mass is 32.1. The van der Waals surface area contributed by atoms with Crippen molar-refractivity contribution in [1.29, 1.82) is 0 Å². The number of aliphatic carboxylic acids is 1. The van der Waals surface area contributed by atoms with E-state index in [0.29, 0.717) is 12.8 Å². The molecule has 1 N–H and O–H groups in total. The van der Waals surface area contributed by atoms with Gasteiger partial charge in [0.25, 0.3) is 0 Å². The Balaban J connectivity index is 3.60. The number of thiocarbonyl (C=S) groups is 1. The van der Waals surface area contributed by atoms with Gasteiger partial charge in [-0.2, -0.15) is 0 Å². The molecule has 0 heterocycles. The molecule has 2 nitrogen and oxygen atoms in total. The molecule has 27 heavy (non-hydrogen) atoms. The molecule has 0 saturated heterocycles. The topological polar surface area (TPSA) is 37.3 Å². The summed E-state index contributed by atoms with van der Waals surface area (Å²) in [5.74, 6) is -1.04. The van der Waals surface area contributed by atoms with Crippen molar-refractivity contribution < 1.29 is 9.90 Å². The van der Waals surface area contributed by atoms with Crippen molar-refractivity contribution in [3.63, 3.8) is 0 Å². The van der Waals surface area contributed by atoms with Crippen LogP contribution < -0.4 is 0 Å². The van der Waals surface area contributed by atoms with E-state index < -0.39 is 5.97 Å². The third-order valence-corrected chi connectivity index (χ3v) is 4.25. The summed E-state index contributed by atoms with van der Waals surface area (Å²) in [6.07, 6.45) is 31.2. The van der Waals surface area contributed by atoms with Crippen molar-refractivity contribution in [2.75, 3.05) is 0 Å². The fourth-order valence-corrected chi connectivity index (χ4v) is 2.71. The van der Waals surface area contributed by atoms with E-state index in [1.54, 1.807) is 0 Å². The lowest BCUT2D eigenvalue weighted by Crippen LogP contribution is -2.13. The first-order valence-electron chi connectivity index (χ1n) is 10.1. The molecule has 0 aliphatic carbocycles. The number of rotatable bonds is 17. The monoisotopic (exact) mass is 388 g/mol. The molecule has 0 aromatic heterocycles. The van der Waals surface area contributed by atoms with Crippen molar-refractivity contribution in [3.8, 4) is 0 Å². The van der Waals surface area contributed by atoms with Crippen LogP contribution in [0, 0.1) is 5.92 Å². The van der Waals surface area contributed by atoms with Crippen LogP contribution in [-0.4, -0.2) is 16.4 Å². The molecule has 0 aliphatic heterocycles. The first kappa shape index (κ1) is 25.3. The van der Waals surface area contributed by atoms with Crippen LogP contribution >= 0.6 is 12.2 Å². The molecule has 0 saturated carbocycles. The SMILES string of the molecule is CC/C=C\C/C=C\C/C=C\C/C=C\C/C=C\CCCCC(CC=S)C(=O)O. The molecule has 3 heteroatoms. The third-order valence-electron chi connectivity index (χ3n) is 4.06. The zero-order valence-corrected chi connectivity index (χ0v) is 17.6. The standard InChI is InChI=1S/C24H36O2S/c1-2-3-4-5-6-7-8-9-10-11-12-13-14-15-16-17-18-19-20-23(21-22-27)24(25)26/h3-4,6-7,9-10,12-13,15-16,22-23H,2,5,8,11,14,17-21H2,1H3,(H,25,26)/b4-3-,7-6-,10-9-,13-12-,16-15-. The molecule has 0 aliphatic rings. The van der Waals surface area contributed by atoms with Gasteiger partial charge in [0, 0.05) is 0 Å². The Morgan fingerprint density at radius 1 is 0.815 bits per heavy atom. The van der Waals surface area contributed by atoms with Gasteiger partial charge >= 0.3 is 5.97 Å². The lowest BCUT2D eigenvalue weighted by Gasteiger charge is -2.08. The second-order valence-corrected chi connectivity index (χ2v) is 6.76. The Labute approximate surface area is 171 Å². The summed E-state index contributed by atoms with van der Waals surface area (Å²) in [6, 6.07) is 0. The van der Waals surface area contributed by atoms with Gasteiger partial charge in [-0.05, 0) is 63.2 Å². The average molecular weight is 389 g/mol. The average Bonchev–Trinajstić information content (AvgIpc) is 2.66. The highest BCUT2D eigenvalue weighted by molar-refractivity contribution is 7.78. The van der Waals surface area contributed by atoms with Crippen molar-refractivity contribution >= 4 is 23.6 Å². The van der Waals surface area contributed by atoms with Crippen LogP contribution in [0.1, 0.15) is 71.1 Å². The molecule has 0 fully saturated rings. The van der Waals surface area contributed by atoms with Crippen molar-refractivity contribution in [2.24, 2.45) is 5.92 Å². The Kier molecular flexibility index (Phi) is 19.2. The molecule has 1 atom stereocenters. The van der Waals surface area contributed by atoms with Crippen LogP contribution in [0.3, 0.4) is 0 Å². The molecule has 0 amide bonds.